The predicted molar refractivity (Wildman–Crippen MR) is 79.0 cm³/mol. The van der Waals surface area contributed by atoms with Crippen LogP contribution in [-0.4, -0.2) is 21.7 Å². The lowest BCUT2D eigenvalue weighted by atomic mass is 10.2. The largest absolute Gasteiger partial charge is 0.490 e. The monoisotopic (exact) mass is 303 g/mol. The topological polar surface area (TPSA) is 56.5 Å². The molecule has 5 nitrogen and oxygen atoms in total. The molecule has 0 atom stereocenters. The number of methoxy groups -OCH3 is 1. The summed E-state index contributed by atoms with van der Waals surface area (Å²) in [5.41, 5.74) is 2.39. The first-order valence-electron chi connectivity index (χ1n) is 6.03. The zero-order valence-corrected chi connectivity index (χ0v) is 11.8. The number of rotatable bonds is 3. The summed E-state index contributed by atoms with van der Waals surface area (Å²) in [6.07, 6.45) is 3.40. The summed E-state index contributed by atoms with van der Waals surface area (Å²) in [4.78, 5) is 17.0. The van der Waals surface area contributed by atoms with Gasteiger partial charge in [-0.15, -0.1) is 0 Å². The van der Waals surface area contributed by atoms with Crippen LogP contribution >= 0.6 is 11.3 Å². The normalized spacial score (nSPS) is 11.3. The van der Waals surface area contributed by atoms with Gasteiger partial charge in [-0.25, -0.2) is 9.37 Å². The van der Waals surface area contributed by atoms with E-state index in [2.05, 4.69) is 10.1 Å². The Morgan fingerprint density at radius 2 is 2.05 bits per heavy atom. The van der Waals surface area contributed by atoms with E-state index >= 15 is 0 Å². The van der Waals surface area contributed by atoms with Crippen molar-refractivity contribution in [2.75, 3.05) is 7.11 Å². The van der Waals surface area contributed by atoms with E-state index in [4.69, 9.17) is 4.74 Å². The summed E-state index contributed by atoms with van der Waals surface area (Å²) in [6, 6.07) is 6.00. The van der Waals surface area contributed by atoms with Crippen LogP contribution < -0.4 is 10.3 Å². The molecule has 0 saturated heterocycles. The van der Waals surface area contributed by atoms with Crippen LogP contribution in [0.1, 0.15) is 11.3 Å². The maximum absolute atomic E-state index is 12.9. The molecule has 0 fully saturated rings. The molecule has 7 heteroatoms. The molecule has 0 radical (unpaired) electrons. The second-order valence-electron chi connectivity index (χ2n) is 4.15. The predicted octanol–water partition coefficient (Wildman–Crippen LogP) is 2.47. The van der Waals surface area contributed by atoms with E-state index < -0.39 is 0 Å². The number of ether oxygens (including phenoxy) is 1. The molecule has 0 bridgehead atoms. The average Bonchev–Trinajstić information content (AvgIpc) is 2.95. The SMILES string of the molecule is COc1c(/C=C/c2ccc(F)cc2)nc2scnn2c1=O. The van der Waals surface area contributed by atoms with E-state index in [0.29, 0.717) is 10.7 Å². The molecule has 3 rings (SSSR count). The van der Waals surface area contributed by atoms with Gasteiger partial charge in [0, 0.05) is 0 Å². The zero-order chi connectivity index (χ0) is 14.8. The maximum Gasteiger partial charge on any atom is 0.318 e. The first-order valence-corrected chi connectivity index (χ1v) is 6.91. The summed E-state index contributed by atoms with van der Waals surface area (Å²) in [5.74, 6) is -0.177. The van der Waals surface area contributed by atoms with Gasteiger partial charge in [-0.3, -0.25) is 4.79 Å². The van der Waals surface area contributed by atoms with E-state index in [9.17, 15) is 9.18 Å². The van der Waals surface area contributed by atoms with Crippen LogP contribution in [0.3, 0.4) is 0 Å². The third kappa shape index (κ3) is 2.55. The van der Waals surface area contributed by atoms with Gasteiger partial charge in [-0.1, -0.05) is 29.5 Å². The number of hydrogen-bond donors (Lipinski definition) is 0. The molecule has 2 heterocycles. The minimum Gasteiger partial charge on any atom is -0.490 e. The number of hydrogen-bond acceptors (Lipinski definition) is 5. The average molecular weight is 303 g/mol. The van der Waals surface area contributed by atoms with Crippen LogP contribution in [0, 0.1) is 5.82 Å². The Balaban J connectivity index is 2.07. The third-order valence-electron chi connectivity index (χ3n) is 2.85. The van der Waals surface area contributed by atoms with E-state index in [-0.39, 0.29) is 17.1 Å². The Morgan fingerprint density at radius 3 is 2.76 bits per heavy atom. The van der Waals surface area contributed by atoms with Gasteiger partial charge < -0.3 is 4.74 Å². The van der Waals surface area contributed by atoms with Gasteiger partial charge in [0.1, 0.15) is 17.0 Å². The zero-order valence-electron chi connectivity index (χ0n) is 11.0. The van der Waals surface area contributed by atoms with E-state index in [1.54, 1.807) is 24.3 Å². The quantitative estimate of drug-likeness (QED) is 0.746. The van der Waals surface area contributed by atoms with Gasteiger partial charge in [0.2, 0.25) is 10.7 Å². The van der Waals surface area contributed by atoms with Crippen molar-refractivity contribution in [1.29, 1.82) is 0 Å². The smallest absolute Gasteiger partial charge is 0.318 e. The lowest BCUT2D eigenvalue weighted by Gasteiger charge is -2.03. The van der Waals surface area contributed by atoms with Crippen molar-refractivity contribution in [2.45, 2.75) is 0 Å². The fraction of sp³-hybridized carbons (Fsp3) is 0.0714. The fourth-order valence-electron chi connectivity index (χ4n) is 1.84. The molecule has 0 aliphatic heterocycles. The van der Waals surface area contributed by atoms with Crippen LogP contribution in [0.25, 0.3) is 17.1 Å². The molecule has 0 unspecified atom stereocenters. The molecule has 1 aromatic carbocycles. The molecule has 106 valence electrons. The molecule has 2 aromatic heterocycles. The standard InChI is InChI=1S/C14H10FN3O2S/c1-20-12-11(7-4-9-2-5-10(15)6-3-9)17-14-18(13(12)19)16-8-21-14/h2-8H,1H3/b7-4+. The van der Waals surface area contributed by atoms with Gasteiger partial charge in [-0.05, 0) is 23.8 Å². The minimum absolute atomic E-state index is 0.122. The number of halogens is 1. The maximum atomic E-state index is 12.9. The number of nitrogens with zero attached hydrogens (tertiary/aromatic N) is 3. The Kier molecular flexibility index (Phi) is 3.49. The van der Waals surface area contributed by atoms with Crippen LogP contribution in [0.2, 0.25) is 0 Å². The van der Waals surface area contributed by atoms with Crippen molar-refractivity contribution in [3.05, 3.63) is 57.2 Å². The second-order valence-corrected chi connectivity index (χ2v) is 4.97. The van der Waals surface area contributed by atoms with Crippen molar-refractivity contribution in [3.63, 3.8) is 0 Å². The molecule has 3 aromatic rings. The molecule has 0 amide bonds. The Labute approximate surface area is 123 Å². The number of fused-ring (bicyclic) bond motifs is 1. The van der Waals surface area contributed by atoms with Crippen LogP contribution in [-0.2, 0) is 0 Å². The van der Waals surface area contributed by atoms with Crippen molar-refractivity contribution in [3.8, 4) is 5.75 Å². The van der Waals surface area contributed by atoms with E-state index in [1.807, 2.05) is 0 Å². The van der Waals surface area contributed by atoms with Crippen molar-refractivity contribution in [1.82, 2.24) is 14.6 Å². The van der Waals surface area contributed by atoms with E-state index in [1.165, 1.54) is 40.6 Å². The summed E-state index contributed by atoms with van der Waals surface area (Å²) < 4.78 is 19.2. The van der Waals surface area contributed by atoms with Crippen LogP contribution in [0.4, 0.5) is 4.39 Å². The highest BCUT2D eigenvalue weighted by Gasteiger charge is 2.12. The highest BCUT2D eigenvalue weighted by atomic mass is 32.1. The molecule has 0 aliphatic carbocycles. The van der Waals surface area contributed by atoms with Gasteiger partial charge in [0.05, 0.1) is 7.11 Å². The van der Waals surface area contributed by atoms with Crippen molar-refractivity contribution >= 4 is 28.4 Å². The second kappa shape index (κ2) is 5.45. The molecule has 0 N–H and O–H groups in total. The van der Waals surface area contributed by atoms with Gasteiger partial charge in [0.25, 0.3) is 0 Å². The Bertz CT molecular complexity index is 868. The minimum atomic E-state index is -0.359. The highest BCUT2D eigenvalue weighted by Crippen LogP contribution is 2.17. The third-order valence-corrected chi connectivity index (χ3v) is 3.52. The Hall–Kier alpha value is -2.54. The molecular weight excluding hydrogens is 293 g/mol. The molecular formula is C14H10FN3O2S. The van der Waals surface area contributed by atoms with Gasteiger partial charge in [-0.2, -0.15) is 9.61 Å². The van der Waals surface area contributed by atoms with Crippen LogP contribution in [0.5, 0.6) is 5.75 Å². The summed E-state index contributed by atoms with van der Waals surface area (Å²) in [5, 5.41) is 3.91. The molecule has 0 aliphatic rings. The first kappa shape index (κ1) is 13.4. The molecule has 21 heavy (non-hydrogen) atoms. The molecule has 0 saturated carbocycles. The summed E-state index contributed by atoms with van der Waals surface area (Å²) in [7, 11) is 1.41. The van der Waals surface area contributed by atoms with Crippen molar-refractivity contribution in [2.24, 2.45) is 0 Å². The first-order chi connectivity index (χ1) is 10.2. The molecule has 0 spiro atoms. The lowest BCUT2D eigenvalue weighted by molar-refractivity contribution is 0.403. The summed E-state index contributed by atoms with van der Waals surface area (Å²) >= 11 is 1.26. The number of aromatic nitrogens is 3. The number of benzene rings is 1. The van der Waals surface area contributed by atoms with Crippen molar-refractivity contribution < 1.29 is 9.13 Å². The Morgan fingerprint density at radius 1 is 1.29 bits per heavy atom. The fourth-order valence-corrected chi connectivity index (χ4v) is 2.46. The van der Waals surface area contributed by atoms with Gasteiger partial charge >= 0.3 is 5.56 Å². The highest BCUT2D eigenvalue weighted by molar-refractivity contribution is 7.14. The lowest BCUT2D eigenvalue weighted by Crippen LogP contribution is -2.18. The summed E-state index contributed by atoms with van der Waals surface area (Å²) in [6.45, 7) is 0. The van der Waals surface area contributed by atoms with E-state index in [0.717, 1.165) is 5.56 Å². The van der Waals surface area contributed by atoms with Crippen LogP contribution in [0.15, 0.2) is 34.6 Å². The van der Waals surface area contributed by atoms with Gasteiger partial charge in [0.15, 0.2) is 0 Å².